The Morgan fingerprint density at radius 3 is 2.42 bits per heavy atom. The van der Waals surface area contributed by atoms with Crippen LogP contribution in [-0.2, 0) is 4.79 Å². The zero-order valence-corrected chi connectivity index (χ0v) is 12.7. The van der Waals surface area contributed by atoms with E-state index in [1.165, 1.54) is 38.5 Å². The van der Waals surface area contributed by atoms with Crippen LogP contribution in [0.5, 0.6) is 0 Å². The number of nitrogens with zero attached hydrogens (tertiary/aromatic N) is 1. The van der Waals surface area contributed by atoms with Crippen molar-refractivity contribution in [1.29, 1.82) is 0 Å². The molecule has 0 aromatic carbocycles. The largest absolute Gasteiger partial charge is 0.342 e. The van der Waals surface area contributed by atoms with Gasteiger partial charge in [0.15, 0.2) is 0 Å². The minimum Gasteiger partial charge on any atom is -0.342 e. The summed E-state index contributed by atoms with van der Waals surface area (Å²) in [5.41, 5.74) is 6.03. The number of hydrogen-bond donors (Lipinski definition) is 1. The van der Waals surface area contributed by atoms with Crippen molar-refractivity contribution in [3.8, 4) is 0 Å². The lowest BCUT2D eigenvalue weighted by molar-refractivity contribution is -0.135. The maximum atomic E-state index is 12.4. The molecule has 1 saturated carbocycles. The molecule has 2 aliphatic rings. The summed E-state index contributed by atoms with van der Waals surface area (Å²) in [6.45, 7) is 7.29. The Kier molecular flexibility index (Phi) is 4.88. The molecule has 110 valence electrons. The van der Waals surface area contributed by atoms with Gasteiger partial charge in [-0.2, -0.15) is 0 Å². The molecule has 1 aliphatic carbocycles. The lowest BCUT2D eigenvalue weighted by atomic mass is 9.80. The van der Waals surface area contributed by atoms with Crippen LogP contribution in [0.4, 0.5) is 0 Å². The summed E-state index contributed by atoms with van der Waals surface area (Å²) in [6, 6.07) is 0. The molecule has 0 radical (unpaired) electrons. The van der Waals surface area contributed by atoms with Gasteiger partial charge in [0.25, 0.3) is 0 Å². The highest BCUT2D eigenvalue weighted by molar-refractivity contribution is 5.76. The Hall–Kier alpha value is -0.570. The third-order valence-electron chi connectivity index (χ3n) is 5.02. The molecule has 2 rings (SSSR count). The first-order valence-electron chi connectivity index (χ1n) is 7.98. The Balaban J connectivity index is 1.78. The van der Waals surface area contributed by atoms with E-state index in [0.29, 0.717) is 23.2 Å². The third kappa shape index (κ3) is 4.20. The predicted octanol–water partition coefficient (Wildman–Crippen LogP) is 2.79. The summed E-state index contributed by atoms with van der Waals surface area (Å²) in [5, 5.41) is 0. The van der Waals surface area contributed by atoms with Crippen molar-refractivity contribution in [2.24, 2.45) is 23.0 Å². The maximum absolute atomic E-state index is 12.4. The Morgan fingerprint density at radius 1 is 1.21 bits per heavy atom. The van der Waals surface area contributed by atoms with E-state index in [1.54, 1.807) is 0 Å². The Bertz CT molecular complexity index is 306. The second kappa shape index (κ2) is 6.25. The van der Waals surface area contributed by atoms with Gasteiger partial charge in [0.1, 0.15) is 0 Å². The highest BCUT2D eigenvalue weighted by Gasteiger charge is 2.30. The molecular weight excluding hydrogens is 236 g/mol. The first-order valence-corrected chi connectivity index (χ1v) is 7.98. The highest BCUT2D eigenvalue weighted by atomic mass is 16.2. The molecule has 0 atom stereocenters. The van der Waals surface area contributed by atoms with Crippen LogP contribution in [0.2, 0.25) is 0 Å². The molecule has 3 nitrogen and oxygen atoms in total. The minimum absolute atomic E-state index is 0.311. The number of amides is 1. The molecule has 19 heavy (non-hydrogen) atoms. The van der Waals surface area contributed by atoms with Crippen LogP contribution < -0.4 is 5.73 Å². The molecule has 2 fully saturated rings. The number of nitrogens with two attached hydrogens (primary N) is 1. The molecule has 3 heteroatoms. The second-order valence-electron chi connectivity index (χ2n) is 7.41. The van der Waals surface area contributed by atoms with Gasteiger partial charge in [0.2, 0.25) is 5.91 Å². The molecular formula is C16H30N2O. The van der Waals surface area contributed by atoms with E-state index in [-0.39, 0.29) is 0 Å². The molecule has 0 unspecified atom stereocenters. The smallest absolute Gasteiger partial charge is 0.222 e. The minimum atomic E-state index is 0.311. The van der Waals surface area contributed by atoms with Crippen molar-refractivity contribution in [1.82, 2.24) is 4.90 Å². The fraction of sp³-hybridized carbons (Fsp3) is 0.938. The first kappa shape index (κ1) is 14.8. The number of rotatable bonds is 3. The van der Waals surface area contributed by atoms with Crippen LogP contribution >= 0.6 is 0 Å². The Morgan fingerprint density at radius 2 is 1.84 bits per heavy atom. The molecule has 2 N–H and O–H groups in total. The monoisotopic (exact) mass is 266 g/mol. The lowest BCUT2D eigenvalue weighted by Crippen LogP contribution is -2.44. The van der Waals surface area contributed by atoms with E-state index in [1.807, 2.05) is 0 Å². The Labute approximate surface area is 117 Å². The summed E-state index contributed by atoms with van der Waals surface area (Å²) >= 11 is 0. The van der Waals surface area contributed by atoms with Crippen LogP contribution in [0.15, 0.2) is 0 Å². The standard InChI is InChI=1S/C16H30N2O/c1-16(2)8-3-9-18(12-16)15(19)10-13-4-6-14(11-17)7-5-13/h13-14H,3-12,17H2,1-2H3. The highest BCUT2D eigenvalue weighted by Crippen LogP contribution is 2.32. The molecule has 0 spiro atoms. The van der Waals surface area contributed by atoms with Crippen molar-refractivity contribution in [2.45, 2.75) is 58.8 Å². The molecule has 0 aromatic heterocycles. The normalized spacial score (nSPS) is 31.2. The van der Waals surface area contributed by atoms with Crippen LogP contribution in [-0.4, -0.2) is 30.4 Å². The van der Waals surface area contributed by atoms with Gasteiger partial charge in [0.05, 0.1) is 0 Å². The van der Waals surface area contributed by atoms with Gasteiger partial charge in [0, 0.05) is 19.5 Å². The summed E-state index contributed by atoms with van der Waals surface area (Å²) in [4.78, 5) is 14.5. The van der Waals surface area contributed by atoms with E-state index < -0.39 is 0 Å². The second-order valence-corrected chi connectivity index (χ2v) is 7.41. The van der Waals surface area contributed by atoms with Crippen molar-refractivity contribution in [3.05, 3.63) is 0 Å². The van der Waals surface area contributed by atoms with Crippen molar-refractivity contribution < 1.29 is 4.79 Å². The summed E-state index contributed by atoms with van der Waals surface area (Å²) in [7, 11) is 0. The predicted molar refractivity (Wildman–Crippen MR) is 78.7 cm³/mol. The first-order chi connectivity index (χ1) is 9.00. The van der Waals surface area contributed by atoms with E-state index >= 15 is 0 Å². The van der Waals surface area contributed by atoms with Crippen molar-refractivity contribution >= 4 is 5.91 Å². The van der Waals surface area contributed by atoms with Crippen LogP contribution in [0.1, 0.15) is 58.8 Å². The zero-order chi connectivity index (χ0) is 13.9. The van der Waals surface area contributed by atoms with Crippen molar-refractivity contribution in [3.63, 3.8) is 0 Å². The third-order valence-corrected chi connectivity index (χ3v) is 5.02. The number of hydrogen-bond acceptors (Lipinski definition) is 2. The molecule has 0 bridgehead atoms. The molecule has 0 aromatic rings. The van der Waals surface area contributed by atoms with Crippen molar-refractivity contribution in [2.75, 3.05) is 19.6 Å². The number of carbonyl (C=O) groups is 1. The SMILES string of the molecule is CC1(C)CCCN(C(=O)CC2CCC(CN)CC2)C1. The quantitative estimate of drug-likeness (QED) is 0.854. The average molecular weight is 266 g/mol. The summed E-state index contributed by atoms with van der Waals surface area (Å²) in [6.07, 6.45) is 8.03. The summed E-state index contributed by atoms with van der Waals surface area (Å²) in [5.74, 6) is 1.71. The maximum Gasteiger partial charge on any atom is 0.222 e. The fourth-order valence-corrected chi connectivity index (χ4v) is 3.68. The van der Waals surface area contributed by atoms with Crippen LogP contribution in [0, 0.1) is 17.3 Å². The van der Waals surface area contributed by atoms with Gasteiger partial charge < -0.3 is 10.6 Å². The molecule has 1 saturated heterocycles. The van der Waals surface area contributed by atoms with Gasteiger partial charge in [-0.1, -0.05) is 13.8 Å². The number of piperidine rings is 1. The van der Waals surface area contributed by atoms with Gasteiger partial charge >= 0.3 is 0 Å². The lowest BCUT2D eigenvalue weighted by Gasteiger charge is -2.39. The van der Waals surface area contributed by atoms with E-state index in [2.05, 4.69) is 18.7 Å². The molecule has 1 heterocycles. The van der Waals surface area contributed by atoms with E-state index in [9.17, 15) is 4.79 Å². The molecule has 1 amide bonds. The van der Waals surface area contributed by atoms with Gasteiger partial charge in [-0.3, -0.25) is 4.79 Å². The fourth-order valence-electron chi connectivity index (χ4n) is 3.68. The molecule has 1 aliphatic heterocycles. The van der Waals surface area contributed by atoms with Crippen LogP contribution in [0.25, 0.3) is 0 Å². The van der Waals surface area contributed by atoms with Gasteiger partial charge in [-0.05, 0) is 62.3 Å². The zero-order valence-electron chi connectivity index (χ0n) is 12.7. The van der Waals surface area contributed by atoms with Gasteiger partial charge in [-0.15, -0.1) is 0 Å². The number of carbonyl (C=O) groups excluding carboxylic acids is 1. The van der Waals surface area contributed by atoms with Crippen LogP contribution in [0.3, 0.4) is 0 Å². The topological polar surface area (TPSA) is 46.3 Å². The number of likely N-dealkylation sites (tertiary alicyclic amines) is 1. The van der Waals surface area contributed by atoms with Gasteiger partial charge in [-0.25, -0.2) is 0 Å². The average Bonchev–Trinajstić information content (AvgIpc) is 2.38. The summed E-state index contributed by atoms with van der Waals surface area (Å²) < 4.78 is 0. The van der Waals surface area contributed by atoms with E-state index in [4.69, 9.17) is 5.73 Å². The van der Waals surface area contributed by atoms with E-state index in [0.717, 1.165) is 26.1 Å².